The molecule has 1 amide bonds. The molecule has 0 radical (unpaired) electrons. The molecule has 0 atom stereocenters. The van der Waals surface area contributed by atoms with E-state index in [1.54, 1.807) is 18.5 Å². The van der Waals surface area contributed by atoms with Crippen molar-refractivity contribution in [3.8, 4) is 0 Å². The lowest BCUT2D eigenvalue weighted by Gasteiger charge is -2.10. The minimum absolute atomic E-state index is 0.00498. The maximum Gasteiger partial charge on any atom is 0.224 e. The lowest BCUT2D eigenvalue weighted by atomic mass is 10.1. The molecule has 2 aromatic rings. The van der Waals surface area contributed by atoms with Gasteiger partial charge in [0.25, 0.3) is 0 Å². The number of hydrogen-bond donors (Lipinski definition) is 1. The molecule has 1 aromatic carbocycles. The molecule has 3 nitrogen and oxygen atoms in total. The largest absolute Gasteiger partial charge is 0.325 e. The molecule has 1 aromatic heterocycles. The van der Waals surface area contributed by atoms with Gasteiger partial charge >= 0.3 is 0 Å². The summed E-state index contributed by atoms with van der Waals surface area (Å²) in [7, 11) is 0. The minimum atomic E-state index is 0.00498. The normalized spacial score (nSPS) is 10.9. The Morgan fingerprint density at radius 1 is 1.44 bits per heavy atom. The number of benzene rings is 1. The monoisotopic (exact) mass is 262 g/mol. The van der Waals surface area contributed by atoms with Crippen molar-refractivity contribution in [2.24, 2.45) is 5.92 Å². The van der Waals surface area contributed by atoms with Gasteiger partial charge in [-0.3, -0.25) is 9.78 Å². The zero-order chi connectivity index (χ0) is 13.1. The van der Waals surface area contributed by atoms with E-state index in [0.29, 0.717) is 17.4 Å². The van der Waals surface area contributed by atoms with E-state index in [2.05, 4.69) is 10.3 Å². The smallest absolute Gasteiger partial charge is 0.224 e. The fourth-order valence-corrected chi connectivity index (χ4v) is 2.07. The van der Waals surface area contributed by atoms with Crippen LogP contribution in [0.1, 0.15) is 20.3 Å². The fraction of sp³-hybridized carbons (Fsp3) is 0.286. The number of carbonyl (C=O) groups excluding carboxylic acids is 1. The molecule has 1 heterocycles. The Bertz CT molecular complexity index is 581. The molecular weight excluding hydrogens is 248 g/mol. The topological polar surface area (TPSA) is 42.0 Å². The predicted molar refractivity (Wildman–Crippen MR) is 74.8 cm³/mol. The first-order valence-corrected chi connectivity index (χ1v) is 6.27. The van der Waals surface area contributed by atoms with Crippen molar-refractivity contribution >= 4 is 34.0 Å². The maximum absolute atomic E-state index is 11.8. The Labute approximate surface area is 111 Å². The number of pyridine rings is 1. The molecule has 4 heteroatoms. The van der Waals surface area contributed by atoms with E-state index in [4.69, 9.17) is 11.6 Å². The molecule has 0 aliphatic heterocycles. The van der Waals surface area contributed by atoms with E-state index >= 15 is 0 Å². The highest BCUT2D eigenvalue weighted by Gasteiger charge is 2.09. The maximum atomic E-state index is 11.8. The summed E-state index contributed by atoms with van der Waals surface area (Å²) in [6.45, 7) is 4.03. The standard InChI is InChI=1S/C14H15ClN2O/c1-9(2)5-14(18)17-13-7-11(15)6-10-8-16-4-3-12(10)13/h3-4,6-9H,5H2,1-2H3,(H,17,18). The summed E-state index contributed by atoms with van der Waals surface area (Å²) in [6, 6.07) is 5.47. The van der Waals surface area contributed by atoms with Crippen molar-refractivity contribution in [2.75, 3.05) is 5.32 Å². The van der Waals surface area contributed by atoms with Crippen LogP contribution >= 0.6 is 11.6 Å². The molecule has 0 saturated carbocycles. The molecule has 2 rings (SSSR count). The number of nitrogens with zero attached hydrogens (tertiary/aromatic N) is 1. The van der Waals surface area contributed by atoms with Crippen molar-refractivity contribution in [3.05, 3.63) is 35.6 Å². The van der Waals surface area contributed by atoms with Crippen LogP contribution in [0.25, 0.3) is 10.8 Å². The molecule has 0 fully saturated rings. The molecule has 0 bridgehead atoms. The third-order valence-electron chi connectivity index (χ3n) is 2.59. The van der Waals surface area contributed by atoms with Gasteiger partial charge in [0.15, 0.2) is 0 Å². The highest BCUT2D eigenvalue weighted by Crippen LogP contribution is 2.27. The number of fused-ring (bicyclic) bond motifs is 1. The van der Waals surface area contributed by atoms with Gasteiger partial charge in [0.05, 0.1) is 5.69 Å². The van der Waals surface area contributed by atoms with Gasteiger partial charge in [-0.05, 0) is 24.1 Å². The van der Waals surface area contributed by atoms with Gasteiger partial charge in [0, 0.05) is 34.6 Å². The van der Waals surface area contributed by atoms with E-state index in [1.807, 2.05) is 26.0 Å². The summed E-state index contributed by atoms with van der Waals surface area (Å²) < 4.78 is 0. The number of aromatic nitrogens is 1. The number of rotatable bonds is 3. The predicted octanol–water partition coefficient (Wildman–Crippen LogP) is 3.87. The number of anilines is 1. The molecule has 0 unspecified atom stereocenters. The summed E-state index contributed by atoms with van der Waals surface area (Å²) in [5, 5.41) is 5.37. The van der Waals surface area contributed by atoms with Crippen LogP contribution in [0.4, 0.5) is 5.69 Å². The van der Waals surface area contributed by atoms with Crippen LogP contribution in [0.2, 0.25) is 5.02 Å². The van der Waals surface area contributed by atoms with Crippen LogP contribution in [0.5, 0.6) is 0 Å². The number of halogens is 1. The number of carbonyl (C=O) groups is 1. The van der Waals surface area contributed by atoms with Crippen LogP contribution in [0.15, 0.2) is 30.6 Å². The summed E-state index contributed by atoms with van der Waals surface area (Å²) in [5.74, 6) is 0.336. The first kappa shape index (κ1) is 12.8. The average Bonchev–Trinajstić information content (AvgIpc) is 2.27. The van der Waals surface area contributed by atoms with E-state index in [1.165, 1.54) is 0 Å². The van der Waals surface area contributed by atoms with Gasteiger partial charge in [0.2, 0.25) is 5.91 Å². The van der Waals surface area contributed by atoms with Crippen molar-refractivity contribution < 1.29 is 4.79 Å². The van der Waals surface area contributed by atoms with Gasteiger partial charge < -0.3 is 5.32 Å². The van der Waals surface area contributed by atoms with E-state index in [9.17, 15) is 4.79 Å². The number of amides is 1. The van der Waals surface area contributed by atoms with Gasteiger partial charge in [-0.2, -0.15) is 0 Å². The second kappa shape index (κ2) is 5.36. The Morgan fingerprint density at radius 2 is 2.22 bits per heavy atom. The third kappa shape index (κ3) is 2.99. The molecule has 0 aliphatic carbocycles. The molecule has 18 heavy (non-hydrogen) atoms. The highest BCUT2D eigenvalue weighted by atomic mass is 35.5. The van der Waals surface area contributed by atoms with E-state index < -0.39 is 0 Å². The Morgan fingerprint density at radius 3 is 2.94 bits per heavy atom. The van der Waals surface area contributed by atoms with Gasteiger partial charge in [-0.25, -0.2) is 0 Å². The SMILES string of the molecule is CC(C)CC(=O)Nc1cc(Cl)cc2cnccc12. The number of nitrogens with one attached hydrogen (secondary N) is 1. The van der Waals surface area contributed by atoms with Crippen LogP contribution in [-0.4, -0.2) is 10.9 Å². The van der Waals surface area contributed by atoms with E-state index in [0.717, 1.165) is 16.5 Å². The number of hydrogen-bond acceptors (Lipinski definition) is 2. The van der Waals surface area contributed by atoms with Gasteiger partial charge in [0.1, 0.15) is 0 Å². The van der Waals surface area contributed by atoms with Gasteiger partial charge in [-0.15, -0.1) is 0 Å². The van der Waals surface area contributed by atoms with Crippen molar-refractivity contribution in [3.63, 3.8) is 0 Å². The average molecular weight is 263 g/mol. The summed E-state index contributed by atoms with van der Waals surface area (Å²) in [4.78, 5) is 15.9. The Kier molecular flexibility index (Phi) is 3.82. The summed E-state index contributed by atoms with van der Waals surface area (Å²) in [5.41, 5.74) is 0.741. The molecule has 1 N–H and O–H groups in total. The quantitative estimate of drug-likeness (QED) is 0.912. The van der Waals surface area contributed by atoms with Crippen molar-refractivity contribution in [1.82, 2.24) is 4.98 Å². The van der Waals surface area contributed by atoms with Crippen LogP contribution in [0.3, 0.4) is 0 Å². The lowest BCUT2D eigenvalue weighted by Crippen LogP contribution is -2.14. The first-order valence-electron chi connectivity index (χ1n) is 5.89. The fourth-order valence-electron chi connectivity index (χ4n) is 1.85. The van der Waals surface area contributed by atoms with Crippen molar-refractivity contribution in [1.29, 1.82) is 0 Å². The Balaban J connectivity index is 2.35. The van der Waals surface area contributed by atoms with Crippen LogP contribution < -0.4 is 5.32 Å². The molecule has 0 aliphatic rings. The molecular formula is C14H15ClN2O. The van der Waals surface area contributed by atoms with E-state index in [-0.39, 0.29) is 5.91 Å². The zero-order valence-electron chi connectivity index (χ0n) is 10.4. The molecule has 0 saturated heterocycles. The lowest BCUT2D eigenvalue weighted by molar-refractivity contribution is -0.116. The van der Waals surface area contributed by atoms with Gasteiger partial charge in [-0.1, -0.05) is 25.4 Å². The first-order chi connectivity index (χ1) is 8.56. The highest BCUT2D eigenvalue weighted by molar-refractivity contribution is 6.32. The zero-order valence-corrected chi connectivity index (χ0v) is 11.2. The molecule has 94 valence electrons. The second-order valence-electron chi connectivity index (χ2n) is 4.70. The van der Waals surface area contributed by atoms with Crippen molar-refractivity contribution in [2.45, 2.75) is 20.3 Å². The van der Waals surface area contributed by atoms with Crippen LogP contribution in [0, 0.1) is 5.92 Å². The summed E-state index contributed by atoms with van der Waals surface area (Å²) >= 11 is 6.03. The van der Waals surface area contributed by atoms with Crippen LogP contribution in [-0.2, 0) is 4.79 Å². The summed E-state index contributed by atoms with van der Waals surface area (Å²) in [6.07, 6.45) is 3.94. The third-order valence-corrected chi connectivity index (χ3v) is 2.80. The minimum Gasteiger partial charge on any atom is -0.325 e. The second-order valence-corrected chi connectivity index (χ2v) is 5.13. The Hall–Kier alpha value is -1.61. The molecule has 0 spiro atoms.